The molecular weight excluding hydrogens is 376 g/mol. The van der Waals surface area contributed by atoms with Crippen molar-refractivity contribution >= 4 is 0 Å². The van der Waals surface area contributed by atoms with Crippen LogP contribution in [0.1, 0.15) is 31.0 Å². The molecule has 0 radical (unpaired) electrons. The molecule has 0 fully saturated rings. The molecule has 6 heteroatoms. The molecule has 0 spiro atoms. The lowest BCUT2D eigenvalue weighted by Gasteiger charge is -2.35. The first-order valence-corrected chi connectivity index (χ1v) is 9.80. The second kappa shape index (κ2) is 8.00. The standard InChI is InChI=1S/C24H24N4O2/c1-24(2,28-16-15-26-23(28)21-22(30)19(29)13-14-25-21)27-20(17-9-5-3-6-10-17)18-11-7-4-8-12-18/h3-16,20,27,30H,1-2H3,(H,25,29). The number of aromatic nitrogens is 3. The van der Waals surface area contributed by atoms with Crippen molar-refractivity contribution in [2.24, 2.45) is 0 Å². The number of benzene rings is 2. The van der Waals surface area contributed by atoms with Crippen molar-refractivity contribution in [3.63, 3.8) is 0 Å². The Balaban J connectivity index is 1.76. The summed E-state index contributed by atoms with van der Waals surface area (Å²) in [5.74, 6) is 0.131. The second-order valence-electron chi connectivity index (χ2n) is 7.64. The van der Waals surface area contributed by atoms with E-state index < -0.39 is 11.1 Å². The lowest BCUT2D eigenvalue weighted by atomic mass is 9.97. The number of hydrogen-bond acceptors (Lipinski definition) is 4. The quantitative estimate of drug-likeness (QED) is 0.457. The molecule has 2 heterocycles. The Hall–Kier alpha value is -3.64. The molecule has 0 bridgehead atoms. The first kappa shape index (κ1) is 19.7. The number of H-pyrrole nitrogens is 1. The highest BCUT2D eigenvalue weighted by atomic mass is 16.3. The number of hydrogen-bond donors (Lipinski definition) is 3. The molecule has 30 heavy (non-hydrogen) atoms. The van der Waals surface area contributed by atoms with Gasteiger partial charge >= 0.3 is 0 Å². The largest absolute Gasteiger partial charge is 0.503 e. The van der Waals surface area contributed by atoms with Crippen LogP contribution in [0, 0.1) is 0 Å². The minimum atomic E-state index is -0.596. The third-order valence-corrected chi connectivity index (χ3v) is 5.16. The van der Waals surface area contributed by atoms with Crippen LogP contribution in [0.25, 0.3) is 11.5 Å². The Morgan fingerprint density at radius 1 is 1.00 bits per heavy atom. The third kappa shape index (κ3) is 3.77. The van der Waals surface area contributed by atoms with Crippen LogP contribution < -0.4 is 10.7 Å². The maximum Gasteiger partial charge on any atom is 0.223 e. The van der Waals surface area contributed by atoms with Crippen LogP contribution in [0.3, 0.4) is 0 Å². The van der Waals surface area contributed by atoms with Gasteiger partial charge in [-0.15, -0.1) is 0 Å². The average molecular weight is 400 g/mol. The molecule has 0 aliphatic heterocycles. The predicted octanol–water partition coefficient (Wildman–Crippen LogP) is 4.02. The summed E-state index contributed by atoms with van der Waals surface area (Å²) in [7, 11) is 0. The summed E-state index contributed by atoms with van der Waals surface area (Å²) in [6.45, 7) is 4.07. The highest BCUT2D eigenvalue weighted by molar-refractivity contribution is 5.58. The van der Waals surface area contributed by atoms with E-state index in [2.05, 4.69) is 39.6 Å². The molecule has 3 N–H and O–H groups in total. The van der Waals surface area contributed by atoms with Crippen molar-refractivity contribution in [3.05, 3.63) is 107 Å². The fourth-order valence-corrected chi connectivity index (χ4v) is 3.65. The number of nitrogens with zero attached hydrogens (tertiary/aromatic N) is 2. The van der Waals surface area contributed by atoms with E-state index in [4.69, 9.17) is 0 Å². The van der Waals surface area contributed by atoms with Gasteiger partial charge in [0, 0.05) is 24.7 Å². The molecule has 4 aromatic rings. The molecule has 4 rings (SSSR count). The normalized spacial score (nSPS) is 11.7. The Kier molecular flexibility index (Phi) is 5.25. The van der Waals surface area contributed by atoms with E-state index in [-0.39, 0.29) is 11.8 Å². The van der Waals surface area contributed by atoms with Crippen LogP contribution in [0.5, 0.6) is 5.75 Å². The topological polar surface area (TPSA) is 82.9 Å². The van der Waals surface area contributed by atoms with Gasteiger partial charge in [0.1, 0.15) is 5.69 Å². The van der Waals surface area contributed by atoms with E-state index in [1.54, 1.807) is 6.20 Å². The number of nitrogens with one attached hydrogen (secondary N) is 2. The van der Waals surface area contributed by atoms with E-state index >= 15 is 0 Å². The van der Waals surface area contributed by atoms with Gasteiger partial charge in [-0.3, -0.25) is 10.1 Å². The van der Waals surface area contributed by atoms with Gasteiger partial charge < -0.3 is 14.7 Å². The molecule has 0 aliphatic rings. The molecule has 0 saturated carbocycles. The zero-order valence-corrected chi connectivity index (χ0v) is 16.9. The summed E-state index contributed by atoms with van der Waals surface area (Å²) in [6, 6.07) is 21.7. The Bertz CT molecular complexity index is 1140. The highest BCUT2D eigenvalue weighted by Crippen LogP contribution is 2.30. The van der Waals surface area contributed by atoms with Crippen LogP contribution in [0.2, 0.25) is 0 Å². The monoisotopic (exact) mass is 400 g/mol. The van der Waals surface area contributed by atoms with Gasteiger partial charge in [0.05, 0.1) is 11.7 Å². The number of aromatic amines is 1. The summed E-state index contributed by atoms with van der Waals surface area (Å²) in [4.78, 5) is 19.3. The van der Waals surface area contributed by atoms with Crippen molar-refractivity contribution in [2.45, 2.75) is 25.6 Å². The number of pyridine rings is 1. The van der Waals surface area contributed by atoms with Gasteiger partial charge in [0.2, 0.25) is 5.43 Å². The van der Waals surface area contributed by atoms with Crippen LogP contribution in [0.4, 0.5) is 0 Å². The van der Waals surface area contributed by atoms with Crippen molar-refractivity contribution in [1.82, 2.24) is 19.9 Å². The van der Waals surface area contributed by atoms with E-state index in [9.17, 15) is 9.90 Å². The van der Waals surface area contributed by atoms with Crippen LogP contribution in [0.15, 0.2) is 90.1 Å². The molecule has 0 unspecified atom stereocenters. The van der Waals surface area contributed by atoms with Crippen molar-refractivity contribution in [2.75, 3.05) is 0 Å². The molecule has 2 aromatic heterocycles. The summed E-state index contributed by atoms with van der Waals surface area (Å²) >= 11 is 0. The molecule has 2 aromatic carbocycles. The van der Waals surface area contributed by atoms with Crippen molar-refractivity contribution in [3.8, 4) is 17.3 Å². The predicted molar refractivity (Wildman–Crippen MR) is 117 cm³/mol. The minimum absolute atomic E-state index is 0.0685. The number of rotatable bonds is 6. The van der Waals surface area contributed by atoms with E-state index in [1.165, 1.54) is 12.3 Å². The first-order chi connectivity index (χ1) is 14.5. The maximum absolute atomic E-state index is 11.9. The van der Waals surface area contributed by atoms with Crippen LogP contribution in [-0.4, -0.2) is 19.6 Å². The number of imidazole rings is 1. The summed E-state index contributed by atoms with van der Waals surface area (Å²) < 4.78 is 1.91. The van der Waals surface area contributed by atoms with Gasteiger partial charge in [-0.25, -0.2) is 4.98 Å². The Morgan fingerprint density at radius 2 is 1.60 bits per heavy atom. The van der Waals surface area contributed by atoms with E-state index in [0.29, 0.717) is 11.5 Å². The molecule has 0 amide bonds. The Morgan fingerprint density at radius 3 is 2.20 bits per heavy atom. The number of aromatic hydroxyl groups is 1. The fourth-order valence-electron chi connectivity index (χ4n) is 3.65. The molecule has 152 valence electrons. The van der Waals surface area contributed by atoms with E-state index in [1.807, 2.05) is 61.0 Å². The van der Waals surface area contributed by atoms with Crippen LogP contribution in [-0.2, 0) is 5.66 Å². The van der Waals surface area contributed by atoms with Crippen molar-refractivity contribution < 1.29 is 5.11 Å². The zero-order chi connectivity index (χ0) is 21.1. The SMILES string of the molecule is CC(C)(NC(c1ccccc1)c1ccccc1)n1ccnc1-c1[nH]ccc(=O)c1O. The zero-order valence-electron chi connectivity index (χ0n) is 16.9. The van der Waals surface area contributed by atoms with Gasteiger partial charge in [0.15, 0.2) is 11.6 Å². The molecule has 0 saturated heterocycles. The second-order valence-corrected chi connectivity index (χ2v) is 7.64. The molecule has 0 aliphatic carbocycles. The summed E-state index contributed by atoms with van der Waals surface area (Å²) in [6.07, 6.45) is 5.00. The lowest BCUT2D eigenvalue weighted by Crippen LogP contribution is -2.44. The van der Waals surface area contributed by atoms with Gasteiger partial charge in [-0.2, -0.15) is 0 Å². The lowest BCUT2D eigenvalue weighted by molar-refractivity contribution is 0.254. The van der Waals surface area contributed by atoms with Crippen molar-refractivity contribution in [1.29, 1.82) is 0 Å². The fraction of sp³-hybridized carbons (Fsp3) is 0.167. The third-order valence-electron chi connectivity index (χ3n) is 5.16. The van der Waals surface area contributed by atoms with Crippen LogP contribution >= 0.6 is 0 Å². The summed E-state index contributed by atoms with van der Waals surface area (Å²) in [5.41, 5.74) is 1.51. The van der Waals surface area contributed by atoms with E-state index in [0.717, 1.165) is 11.1 Å². The van der Waals surface area contributed by atoms with Gasteiger partial charge in [0.25, 0.3) is 0 Å². The first-order valence-electron chi connectivity index (χ1n) is 9.80. The minimum Gasteiger partial charge on any atom is -0.503 e. The molecular formula is C24H24N4O2. The Labute approximate surface area is 174 Å². The maximum atomic E-state index is 11.9. The average Bonchev–Trinajstić information content (AvgIpc) is 3.26. The molecule has 0 atom stereocenters. The van der Waals surface area contributed by atoms with Gasteiger partial charge in [-0.05, 0) is 25.0 Å². The van der Waals surface area contributed by atoms with Gasteiger partial charge in [-0.1, -0.05) is 60.7 Å². The molecule has 6 nitrogen and oxygen atoms in total. The summed E-state index contributed by atoms with van der Waals surface area (Å²) in [5, 5.41) is 14.0. The smallest absolute Gasteiger partial charge is 0.223 e. The highest BCUT2D eigenvalue weighted by Gasteiger charge is 2.29.